The highest BCUT2D eigenvalue weighted by atomic mass is 35.5. The van der Waals surface area contributed by atoms with Gasteiger partial charge in [0.15, 0.2) is 0 Å². The highest BCUT2D eigenvalue weighted by molar-refractivity contribution is 6.30. The number of halogens is 1. The SMILES string of the molecule is COC(=O)c1ccc(Cl)cc1/C=C/c1ccc2ccccc2c1. The summed E-state index contributed by atoms with van der Waals surface area (Å²) in [5.41, 5.74) is 2.28. The normalized spacial score (nSPS) is 11.0. The second kappa shape index (κ2) is 6.67. The van der Waals surface area contributed by atoms with Crippen LogP contribution in [-0.4, -0.2) is 13.1 Å². The Morgan fingerprint density at radius 2 is 1.74 bits per heavy atom. The highest BCUT2D eigenvalue weighted by Gasteiger charge is 2.10. The van der Waals surface area contributed by atoms with Crippen LogP contribution in [0.2, 0.25) is 5.02 Å². The van der Waals surface area contributed by atoms with Crippen molar-refractivity contribution in [3.8, 4) is 0 Å². The highest BCUT2D eigenvalue weighted by Crippen LogP contribution is 2.21. The number of carbonyl (C=O) groups excluding carboxylic acids is 1. The molecule has 0 aliphatic carbocycles. The van der Waals surface area contributed by atoms with E-state index in [2.05, 4.69) is 24.3 Å². The lowest BCUT2D eigenvalue weighted by molar-refractivity contribution is 0.0600. The van der Waals surface area contributed by atoms with Crippen LogP contribution in [0, 0.1) is 0 Å². The molecule has 3 heteroatoms. The fraction of sp³-hybridized carbons (Fsp3) is 0.0500. The van der Waals surface area contributed by atoms with Gasteiger partial charge in [0.2, 0.25) is 0 Å². The molecule has 3 aromatic rings. The Hall–Kier alpha value is -2.58. The molecule has 0 bridgehead atoms. The number of methoxy groups -OCH3 is 1. The van der Waals surface area contributed by atoms with Crippen molar-refractivity contribution in [3.05, 3.63) is 82.4 Å². The molecule has 3 aromatic carbocycles. The van der Waals surface area contributed by atoms with E-state index in [1.165, 1.54) is 17.9 Å². The third-order valence-electron chi connectivity index (χ3n) is 3.65. The largest absolute Gasteiger partial charge is 0.465 e. The molecular weight excluding hydrogens is 308 g/mol. The lowest BCUT2D eigenvalue weighted by Crippen LogP contribution is -2.03. The van der Waals surface area contributed by atoms with E-state index in [1.54, 1.807) is 18.2 Å². The molecule has 0 aliphatic heterocycles. The molecule has 0 spiro atoms. The summed E-state index contributed by atoms with van der Waals surface area (Å²) in [6.07, 6.45) is 3.84. The lowest BCUT2D eigenvalue weighted by atomic mass is 10.0. The fourth-order valence-electron chi connectivity index (χ4n) is 2.46. The van der Waals surface area contributed by atoms with Crippen LogP contribution < -0.4 is 0 Å². The predicted octanol–water partition coefficient (Wildman–Crippen LogP) is 5.45. The van der Waals surface area contributed by atoms with Gasteiger partial charge in [0.05, 0.1) is 12.7 Å². The van der Waals surface area contributed by atoms with Crippen LogP contribution >= 0.6 is 11.6 Å². The van der Waals surface area contributed by atoms with Gasteiger partial charge in [0.1, 0.15) is 0 Å². The standard InChI is InChI=1S/C20H15ClO2/c1-23-20(22)19-11-10-18(21)13-17(19)9-7-14-6-8-15-4-2-3-5-16(15)12-14/h2-13H,1H3/b9-7+. The number of hydrogen-bond donors (Lipinski definition) is 0. The van der Waals surface area contributed by atoms with Crippen molar-refractivity contribution in [2.75, 3.05) is 7.11 Å². The maximum atomic E-state index is 11.8. The second-order valence-corrected chi connectivity index (χ2v) is 5.60. The number of benzene rings is 3. The Labute approximate surface area is 140 Å². The van der Waals surface area contributed by atoms with Gasteiger partial charge in [-0.25, -0.2) is 4.79 Å². The van der Waals surface area contributed by atoms with Crippen molar-refractivity contribution in [3.63, 3.8) is 0 Å². The summed E-state index contributed by atoms with van der Waals surface area (Å²) in [5.74, 6) is -0.375. The monoisotopic (exact) mass is 322 g/mol. The average molecular weight is 323 g/mol. The molecule has 23 heavy (non-hydrogen) atoms. The summed E-state index contributed by atoms with van der Waals surface area (Å²) < 4.78 is 4.81. The van der Waals surface area contributed by atoms with E-state index in [0.29, 0.717) is 10.6 Å². The number of ether oxygens (including phenoxy) is 1. The predicted molar refractivity (Wildman–Crippen MR) is 95.7 cm³/mol. The van der Waals surface area contributed by atoms with Gasteiger partial charge in [0, 0.05) is 5.02 Å². The molecule has 2 nitrogen and oxygen atoms in total. The van der Waals surface area contributed by atoms with Crippen molar-refractivity contribution in [2.45, 2.75) is 0 Å². The Bertz CT molecular complexity index is 897. The summed E-state index contributed by atoms with van der Waals surface area (Å²) in [6.45, 7) is 0. The minimum atomic E-state index is -0.375. The first-order valence-corrected chi connectivity index (χ1v) is 7.60. The number of hydrogen-bond acceptors (Lipinski definition) is 2. The van der Waals surface area contributed by atoms with E-state index >= 15 is 0 Å². The van der Waals surface area contributed by atoms with Gasteiger partial charge in [-0.1, -0.05) is 60.2 Å². The van der Waals surface area contributed by atoms with E-state index in [-0.39, 0.29) is 5.97 Å². The Morgan fingerprint density at radius 1 is 0.957 bits per heavy atom. The topological polar surface area (TPSA) is 26.3 Å². The number of fused-ring (bicyclic) bond motifs is 1. The van der Waals surface area contributed by atoms with E-state index < -0.39 is 0 Å². The van der Waals surface area contributed by atoms with Gasteiger partial charge in [-0.2, -0.15) is 0 Å². The molecule has 0 amide bonds. The minimum Gasteiger partial charge on any atom is -0.465 e. The molecule has 0 aromatic heterocycles. The third-order valence-corrected chi connectivity index (χ3v) is 3.88. The summed E-state index contributed by atoms with van der Waals surface area (Å²) in [5, 5.41) is 2.95. The van der Waals surface area contributed by atoms with Gasteiger partial charge < -0.3 is 4.74 Å². The Morgan fingerprint density at radius 3 is 2.52 bits per heavy atom. The van der Waals surface area contributed by atoms with Crippen LogP contribution in [0.25, 0.3) is 22.9 Å². The van der Waals surface area contributed by atoms with Crippen molar-refractivity contribution < 1.29 is 9.53 Å². The summed E-state index contributed by atoms with van der Waals surface area (Å²) in [6, 6.07) is 19.5. The molecule has 0 saturated carbocycles. The Kier molecular flexibility index (Phi) is 4.45. The van der Waals surface area contributed by atoms with Crippen molar-refractivity contribution in [1.82, 2.24) is 0 Å². The maximum absolute atomic E-state index is 11.8. The van der Waals surface area contributed by atoms with Crippen LogP contribution in [0.4, 0.5) is 0 Å². The molecule has 3 rings (SSSR count). The molecule has 0 saturated heterocycles. The summed E-state index contributed by atoms with van der Waals surface area (Å²) in [4.78, 5) is 11.8. The van der Waals surface area contributed by atoms with Gasteiger partial charge in [-0.3, -0.25) is 0 Å². The van der Waals surface area contributed by atoms with Gasteiger partial charge >= 0.3 is 5.97 Å². The Balaban J connectivity index is 1.98. The molecule has 0 atom stereocenters. The molecule has 0 heterocycles. The smallest absolute Gasteiger partial charge is 0.338 e. The molecule has 114 valence electrons. The molecule has 0 fully saturated rings. The maximum Gasteiger partial charge on any atom is 0.338 e. The number of carbonyl (C=O) groups is 1. The van der Waals surface area contributed by atoms with E-state index in [4.69, 9.17) is 16.3 Å². The van der Waals surface area contributed by atoms with E-state index in [1.807, 2.05) is 30.4 Å². The average Bonchev–Trinajstić information content (AvgIpc) is 2.59. The zero-order valence-corrected chi connectivity index (χ0v) is 13.4. The minimum absolute atomic E-state index is 0.375. The third kappa shape index (κ3) is 3.43. The van der Waals surface area contributed by atoms with Crippen LogP contribution in [0.1, 0.15) is 21.5 Å². The van der Waals surface area contributed by atoms with Crippen LogP contribution in [0.5, 0.6) is 0 Å². The van der Waals surface area contributed by atoms with E-state index in [9.17, 15) is 4.79 Å². The number of rotatable bonds is 3. The second-order valence-electron chi connectivity index (χ2n) is 5.16. The zero-order valence-electron chi connectivity index (χ0n) is 12.6. The fourth-order valence-corrected chi connectivity index (χ4v) is 2.65. The van der Waals surface area contributed by atoms with E-state index in [0.717, 1.165) is 11.1 Å². The summed E-state index contributed by atoms with van der Waals surface area (Å²) in [7, 11) is 1.37. The molecule has 0 unspecified atom stereocenters. The van der Waals surface area contributed by atoms with Gasteiger partial charge in [-0.15, -0.1) is 0 Å². The van der Waals surface area contributed by atoms with Gasteiger partial charge in [0.25, 0.3) is 0 Å². The first-order valence-electron chi connectivity index (χ1n) is 7.22. The molecule has 0 N–H and O–H groups in total. The van der Waals surface area contributed by atoms with Crippen LogP contribution in [-0.2, 0) is 4.74 Å². The van der Waals surface area contributed by atoms with Crippen molar-refractivity contribution in [1.29, 1.82) is 0 Å². The summed E-state index contributed by atoms with van der Waals surface area (Å²) >= 11 is 6.04. The van der Waals surface area contributed by atoms with Crippen molar-refractivity contribution >= 4 is 40.5 Å². The van der Waals surface area contributed by atoms with Crippen LogP contribution in [0.15, 0.2) is 60.7 Å². The lowest BCUT2D eigenvalue weighted by Gasteiger charge is -2.05. The quantitative estimate of drug-likeness (QED) is 0.473. The van der Waals surface area contributed by atoms with Gasteiger partial charge in [-0.05, 0) is 46.2 Å². The molecule has 0 aliphatic rings. The zero-order chi connectivity index (χ0) is 16.2. The molecular formula is C20H15ClO2. The van der Waals surface area contributed by atoms with Crippen LogP contribution in [0.3, 0.4) is 0 Å². The first kappa shape index (κ1) is 15.3. The number of esters is 1. The molecule has 0 radical (unpaired) electrons. The van der Waals surface area contributed by atoms with Crippen molar-refractivity contribution in [2.24, 2.45) is 0 Å². The first-order chi connectivity index (χ1) is 11.2.